The van der Waals surface area contributed by atoms with Crippen LogP contribution in [0.15, 0.2) is 15.9 Å². The van der Waals surface area contributed by atoms with E-state index in [0.29, 0.717) is 6.54 Å². The molecule has 0 saturated carbocycles. The van der Waals surface area contributed by atoms with E-state index in [1.54, 1.807) is 16.2 Å². The number of halogens is 1. The monoisotopic (exact) mass is 344 g/mol. The fraction of sp³-hybridized carbons (Fsp3) is 0.538. The molecule has 1 atom stereocenters. The predicted molar refractivity (Wildman–Crippen MR) is 78.8 cm³/mol. The molecule has 0 bridgehead atoms. The first-order valence-electron chi connectivity index (χ1n) is 6.09. The molecule has 1 unspecified atom stereocenters. The Balaban J connectivity index is 2.27. The summed E-state index contributed by atoms with van der Waals surface area (Å²) < 4.78 is 1.01. The van der Waals surface area contributed by atoms with Crippen LogP contribution in [0.1, 0.15) is 25.6 Å². The lowest BCUT2D eigenvalue weighted by Crippen LogP contribution is -2.62. The minimum atomic E-state index is -0.422. The molecule has 0 radical (unpaired) electrons. The van der Waals surface area contributed by atoms with Crippen LogP contribution < -0.4 is 5.32 Å². The van der Waals surface area contributed by atoms with E-state index in [1.807, 2.05) is 32.2 Å². The molecule has 0 aliphatic carbocycles. The first-order chi connectivity index (χ1) is 8.79. The molecule has 6 heteroatoms. The van der Waals surface area contributed by atoms with Crippen LogP contribution in [0.5, 0.6) is 0 Å². The van der Waals surface area contributed by atoms with Gasteiger partial charge in [-0.15, -0.1) is 11.3 Å². The average molecular weight is 345 g/mol. The standard InChI is InChI=1S/C13H17BrN2O2S/c1-13(2,3)11-12(18)15-5-10(17)16(11)6-9-4-8(14)7-19-9/h4,7,11H,5-6H2,1-3H3,(H,15,18). The van der Waals surface area contributed by atoms with Gasteiger partial charge in [-0.05, 0) is 27.4 Å². The van der Waals surface area contributed by atoms with Gasteiger partial charge in [0.15, 0.2) is 0 Å². The highest BCUT2D eigenvalue weighted by atomic mass is 79.9. The Bertz CT molecular complexity index is 507. The summed E-state index contributed by atoms with van der Waals surface area (Å²) in [6.45, 7) is 6.52. The number of nitrogens with zero attached hydrogens (tertiary/aromatic N) is 1. The van der Waals surface area contributed by atoms with Crippen molar-refractivity contribution in [2.45, 2.75) is 33.4 Å². The van der Waals surface area contributed by atoms with Gasteiger partial charge < -0.3 is 10.2 Å². The lowest BCUT2D eigenvalue weighted by Gasteiger charge is -2.41. The zero-order chi connectivity index (χ0) is 14.2. The summed E-state index contributed by atoms with van der Waals surface area (Å²) in [5, 5.41) is 4.66. The first-order valence-corrected chi connectivity index (χ1v) is 7.76. The number of carbonyl (C=O) groups is 2. The highest BCUT2D eigenvalue weighted by Gasteiger charge is 2.42. The van der Waals surface area contributed by atoms with E-state index in [0.717, 1.165) is 9.35 Å². The molecule has 1 aliphatic rings. The van der Waals surface area contributed by atoms with Gasteiger partial charge in [-0.25, -0.2) is 0 Å². The normalized spacial score (nSPS) is 20.6. The Morgan fingerprint density at radius 1 is 1.47 bits per heavy atom. The number of piperazine rings is 1. The molecular weight excluding hydrogens is 328 g/mol. The third-order valence-electron chi connectivity index (χ3n) is 3.06. The lowest BCUT2D eigenvalue weighted by atomic mass is 9.84. The second-order valence-electron chi connectivity index (χ2n) is 5.74. The largest absolute Gasteiger partial charge is 0.345 e. The van der Waals surface area contributed by atoms with E-state index < -0.39 is 6.04 Å². The van der Waals surface area contributed by atoms with Crippen molar-refractivity contribution in [1.82, 2.24) is 10.2 Å². The number of thiophene rings is 1. The van der Waals surface area contributed by atoms with Crippen molar-refractivity contribution in [1.29, 1.82) is 0 Å². The Morgan fingerprint density at radius 2 is 2.16 bits per heavy atom. The molecule has 4 nitrogen and oxygen atoms in total. The minimum Gasteiger partial charge on any atom is -0.345 e. The summed E-state index contributed by atoms with van der Waals surface area (Å²) in [6.07, 6.45) is 0. The van der Waals surface area contributed by atoms with E-state index >= 15 is 0 Å². The van der Waals surface area contributed by atoms with Gasteiger partial charge in [0.2, 0.25) is 11.8 Å². The molecule has 2 amide bonds. The third kappa shape index (κ3) is 3.17. The Labute approximate surface area is 125 Å². The number of hydrogen-bond donors (Lipinski definition) is 1. The summed E-state index contributed by atoms with van der Waals surface area (Å²) in [5.74, 6) is -0.0910. The van der Waals surface area contributed by atoms with Crippen molar-refractivity contribution in [2.24, 2.45) is 5.41 Å². The Hall–Kier alpha value is -0.880. The number of nitrogens with one attached hydrogen (secondary N) is 1. The van der Waals surface area contributed by atoms with Gasteiger partial charge in [-0.1, -0.05) is 20.8 Å². The van der Waals surface area contributed by atoms with Gasteiger partial charge in [-0.3, -0.25) is 9.59 Å². The first kappa shape index (κ1) is 14.5. The van der Waals surface area contributed by atoms with E-state index in [4.69, 9.17) is 0 Å². The van der Waals surface area contributed by atoms with Crippen molar-refractivity contribution in [2.75, 3.05) is 6.54 Å². The topological polar surface area (TPSA) is 49.4 Å². The number of rotatable bonds is 2. The molecule has 1 fully saturated rings. The molecule has 19 heavy (non-hydrogen) atoms. The van der Waals surface area contributed by atoms with Crippen LogP contribution in [0.25, 0.3) is 0 Å². The second kappa shape index (κ2) is 5.25. The van der Waals surface area contributed by atoms with Crippen LogP contribution in [-0.2, 0) is 16.1 Å². The Kier molecular flexibility index (Phi) is 4.01. The maximum absolute atomic E-state index is 12.1. The third-order valence-corrected chi connectivity index (χ3v) is 4.74. The van der Waals surface area contributed by atoms with Crippen LogP contribution >= 0.6 is 27.3 Å². The van der Waals surface area contributed by atoms with E-state index in [9.17, 15) is 9.59 Å². The average Bonchev–Trinajstić information content (AvgIpc) is 2.68. The highest BCUT2D eigenvalue weighted by molar-refractivity contribution is 9.10. The fourth-order valence-electron chi connectivity index (χ4n) is 2.29. The van der Waals surface area contributed by atoms with E-state index in [2.05, 4.69) is 21.2 Å². The van der Waals surface area contributed by atoms with Gasteiger partial charge in [0.05, 0.1) is 13.1 Å². The lowest BCUT2D eigenvalue weighted by molar-refractivity contribution is -0.150. The van der Waals surface area contributed by atoms with Crippen LogP contribution in [0.4, 0.5) is 0 Å². The molecule has 1 aromatic rings. The van der Waals surface area contributed by atoms with Crippen LogP contribution in [-0.4, -0.2) is 29.3 Å². The van der Waals surface area contributed by atoms with Crippen molar-refractivity contribution < 1.29 is 9.59 Å². The second-order valence-corrected chi connectivity index (χ2v) is 7.65. The van der Waals surface area contributed by atoms with Gasteiger partial charge in [0.25, 0.3) is 0 Å². The summed E-state index contributed by atoms with van der Waals surface area (Å²) in [7, 11) is 0. The molecular formula is C13H17BrN2O2S. The van der Waals surface area contributed by atoms with Crippen LogP contribution in [0.3, 0.4) is 0 Å². The minimum absolute atomic E-state index is 0.0240. The molecule has 2 rings (SSSR count). The molecule has 1 aromatic heterocycles. The molecule has 104 valence electrons. The summed E-state index contributed by atoms with van der Waals surface area (Å²) in [4.78, 5) is 27.0. The summed E-state index contributed by atoms with van der Waals surface area (Å²) in [5.41, 5.74) is -0.283. The molecule has 1 N–H and O–H groups in total. The van der Waals surface area contributed by atoms with Crippen molar-refractivity contribution in [3.8, 4) is 0 Å². The molecule has 1 saturated heterocycles. The zero-order valence-corrected chi connectivity index (χ0v) is 13.6. The SMILES string of the molecule is CC(C)(C)C1C(=O)NCC(=O)N1Cc1cc(Br)cs1. The predicted octanol–water partition coefficient (Wildman–Crippen LogP) is 2.38. The molecule has 2 heterocycles. The summed E-state index contributed by atoms with van der Waals surface area (Å²) in [6, 6.07) is 1.57. The molecule has 0 spiro atoms. The quantitative estimate of drug-likeness (QED) is 0.895. The molecule has 1 aliphatic heterocycles. The highest BCUT2D eigenvalue weighted by Crippen LogP contribution is 2.29. The van der Waals surface area contributed by atoms with Gasteiger partial charge in [0, 0.05) is 14.7 Å². The van der Waals surface area contributed by atoms with Crippen molar-refractivity contribution in [3.63, 3.8) is 0 Å². The van der Waals surface area contributed by atoms with Crippen LogP contribution in [0.2, 0.25) is 0 Å². The number of amides is 2. The van der Waals surface area contributed by atoms with Gasteiger partial charge in [0.1, 0.15) is 6.04 Å². The maximum atomic E-state index is 12.1. The van der Waals surface area contributed by atoms with E-state index in [1.165, 1.54) is 0 Å². The number of carbonyl (C=O) groups excluding carboxylic acids is 2. The van der Waals surface area contributed by atoms with E-state index in [-0.39, 0.29) is 23.8 Å². The number of hydrogen-bond acceptors (Lipinski definition) is 3. The van der Waals surface area contributed by atoms with Gasteiger partial charge >= 0.3 is 0 Å². The van der Waals surface area contributed by atoms with Gasteiger partial charge in [-0.2, -0.15) is 0 Å². The summed E-state index contributed by atoms with van der Waals surface area (Å²) >= 11 is 4.99. The fourth-order valence-corrected chi connectivity index (χ4v) is 3.74. The zero-order valence-electron chi connectivity index (χ0n) is 11.2. The Morgan fingerprint density at radius 3 is 2.68 bits per heavy atom. The molecule has 0 aromatic carbocycles. The van der Waals surface area contributed by atoms with Crippen molar-refractivity contribution >= 4 is 39.1 Å². The smallest absolute Gasteiger partial charge is 0.243 e. The maximum Gasteiger partial charge on any atom is 0.243 e. The van der Waals surface area contributed by atoms with Crippen LogP contribution in [0, 0.1) is 5.41 Å². The van der Waals surface area contributed by atoms with Crippen molar-refractivity contribution in [3.05, 3.63) is 20.8 Å².